The standard InChI is InChI=1S/C13H12FN.Sr/c1-10-7-8-12(14)13(9-10)15-11-5-3-2-4-6-11;/h2-9,15H,1H3;/q;+2. The summed E-state index contributed by atoms with van der Waals surface area (Å²) in [6.07, 6.45) is 0. The average molecular weight is 289 g/mol. The molecule has 2 aromatic rings. The van der Waals surface area contributed by atoms with E-state index in [-0.39, 0.29) is 51.3 Å². The molecule has 2 aromatic carbocycles. The quantitative estimate of drug-likeness (QED) is 0.834. The van der Waals surface area contributed by atoms with E-state index in [0.29, 0.717) is 5.69 Å². The third-order valence-corrected chi connectivity index (χ3v) is 2.17. The zero-order valence-corrected chi connectivity index (χ0v) is 12.7. The average Bonchev–Trinajstić information content (AvgIpc) is 2.25. The van der Waals surface area contributed by atoms with Crippen LogP contribution >= 0.6 is 0 Å². The van der Waals surface area contributed by atoms with Gasteiger partial charge in [0.2, 0.25) is 0 Å². The fourth-order valence-electron chi connectivity index (χ4n) is 1.41. The molecule has 0 aliphatic carbocycles. The van der Waals surface area contributed by atoms with Gasteiger partial charge in [0.05, 0.1) is 5.69 Å². The van der Waals surface area contributed by atoms with Crippen LogP contribution in [-0.4, -0.2) is 45.5 Å². The number of rotatable bonds is 2. The van der Waals surface area contributed by atoms with Gasteiger partial charge in [-0.2, -0.15) is 0 Å². The topological polar surface area (TPSA) is 12.0 Å². The van der Waals surface area contributed by atoms with Gasteiger partial charge in [0.15, 0.2) is 0 Å². The predicted molar refractivity (Wildman–Crippen MR) is 66.6 cm³/mol. The van der Waals surface area contributed by atoms with Gasteiger partial charge < -0.3 is 5.32 Å². The Kier molecular flexibility index (Phi) is 5.49. The number of aryl methyl sites for hydroxylation is 1. The van der Waals surface area contributed by atoms with Crippen LogP contribution in [0.2, 0.25) is 0 Å². The minimum atomic E-state index is -0.232. The van der Waals surface area contributed by atoms with Crippen molar-refractivity contribution < 1.29 is 4.39 Å². The smallest absolute Gasteiger partial charge is 0.353 e. The summed E-state index contributed by atoms with van der Waals surface area (Å²) in [5.41, 5.74) is 2.44. The molecular weight excluding hydrogens is 277 g/mol. The van der Waals surface area contributed by atoms with Crippen molar-refractivity contribution in [3.8, 4) is 0 Å². The molecule has 0 amide bonds. The van der Waals surface area contributed by atoms with E-state index in [0.717, 1.165) is 11.3 Å². The number of hydrogen-bond donors (Lipinski definition) is 1. The Hall–Kier alpha value is -0.349. The second kappa shape index (κ2) is 6.40. The molecule has 0 heterocycles. The van der Waals surface area contributed by atoms with E-state index >= 15 is 0 Å². The van der Waals surface area contributed by atoms with Gasteiger partial charge in [-0.15, -0.1) is 0 Å². The van der Waals surface area contributed by atoms with Crippen molar-refractivity contribution in [3.05, 3.63) is 59.9 Å². The third kappa shape index (κ3) is 3.60. The van der Waals surface area contributed by atoms with Crippen LogP contribution in [0.3, 0.4) is 0 Å². The monoisotopic (exact) mass is 289 g/mol. The van der Waals surface area contributed by atoms with Crippen molar-refractivity contribution in [2.45, 2.75) is 6.92 Å². The summed E-state index contributed by atoms with van der Waals surface area (Å²) >= 11 is 0. The maximum atomic E-state index is 13.4. The summed E-state index contributed by atoms with van der Waals surface area (Å²) in [7, 11) is 0. The van der Waals surface area contributed by atoms with Gasteiger partial charge in [0.25, 0.3) is 0 Å². The summed E-state index contributed by atoms with van der Waals surface area (Å²) in [4.78, 5) is 0. The van der Waals surface area contributed by atoms with Gasteiger partial charge in [0, 0.05) is 5.69 Å². The first-order valence-electron chi connectivity index (χ1n) is 4.84. The number of halogens is 1. The molecule has 16 heavy (non-hydrogen) atoms. The molecule has 0 unspecified atom stereocenters. The van der Waals surface area contributed by atoms with E-state index in [2.05, 4.69) is 5.32 Å². The van der Waals surface area contributed by atoms with Crippen LogP contribution in [0.5, 0.6) is 0 Å². The number of nitrogens with one attached hydrogen (secondary N) is 1. The summed E-state index contributed by atoms with van der Waals surface area (Å²) in [5, 5.41) is 3.04. The number of benzene rings is 2. The van der Waals surface area contributed by atoms with Gasteiger partial charge in [-0.05, 0) is 36.8 Å². The molecule has 0 fully saturated rings. The van der Waals surface area contributed by atoms with Gasteiger partial charge in [-0.1, -0.05) is 24.3 Å². The van der Waals surface area contributed by atoms with Gasteiger partial charge in [-0.3, -0.25) is 0 Å². The van der Waals surface area contributed by atoms with E-state index in [4.69, 9.17) is 0 Å². The number of para-hydroxylation sites is 1. The van der Waals surface area contributed by atoms with Crippen LogP contribution in [0.15, 0.2) is 48.5 Å². The Bertz CT molecular complexity index is 457. The van der Waals surface area contributed by atoms with Crippen molar-refractivity contribution in [1.82, 2.24) is 0 Å². The molecule has 0 aliphatic rings. The molecule has 76 valence electrons. The minimum absolute atomic E-state index is 0. The Morgan fingerprint density at radius 3 is 2.38 bits per heavy atom. The molecule has 0 radical (unpaired) electrons. The Balaban J connectivity index is 0.00000128. The number of anilines is 2. The zero-order chi connectivity index (χ0) is 10.7. The zero-order valence-electron chi connectivity index (χ0n) is 9.20. The largest absolute Gasteiger partial charge is 2.00 e. The van der Waals surface area contributed by atoms with E-state index in [1.807, 2.05) is 37.3 Å². The normalized spacial score (nSPS) is 9.38. The van der Waals surface area contributed by atoms with Gasteiger partial charge in [0.1, 0.15) is 5.82 Å². The second-order valence-corrected chi connectivity index (χ2v) is 3.47. The van der Waals surface area contributed by atoms with Crippen LogP contribution in [0.25, 0.3) is 0 Å². The molecule has 0 bridgehead atoms. The molecule has 1 N–H and O–H groups in total. The van der Waals surface area contributed by atoms with Crippen LogP contribution in [0.4, 0.5) is 15.8 Å². The molecule has 0 aromatic heterocycles. The molecule has 0 saturated carbocycles. The Morgan fingerprint density at radius 2 is 1.69 bits per heavy atom. The first-order valence-corrected chi connectivity index (χ1v) is 4.84. The SMILES string of the molecule is Cc1ccc(F)c(Nc2ccccc2)c1.[Sr+2]. The maximum Gasteiger partial charge on any atom is 2.00 e. The summed E-state index contributed by atoms with van der Waals surface area (Å²) in [6.45, 7) is 1.94. The van der Waals surface area contributed by atoms with E-state index < -0.39 is 0 Å². The summed E-state index contributed by atoms with van der Waals surface area (Å²) in [5.74, 6) is -0.232. The van der Waals surface area contributed by atoms with Gasteiger partial charge >= 0.3 is 45.5 Å². The van der Waals surface area contributed by atoms with Gasteiger partial charge in [-0.25, -0.2) is 4.39 Å². The van der Waals surface area contributed by atoms with Crippen LogP contribution < -0.4 is 5.32 Å². The fraction of sp³-hybridized carbons (Fsp3) is 0.0769. The fourth-order valence-corrected chi connectivity index (χ4v) is 1.41. The number of hydrogen-bond acceptors (Lipinski definition) is 1. The van der Waals surface area contributed by atoms with Crippen LogP contribution in [-0.2, 0) is 0 Å². The molecule has 0 spiro atoms. The molecule has 0 atom stereocenters. The molecule has 0 saturated heterocycles. The van der Waals surface area contributed by atoms with Crippen molar-refractivity contribution in [2.75, 3.05) is 5.32 Å². The first-order chi connectivity index (χ1) is 7.25. The second-order valence-electron chi connectivity index (χ2n) is 3.47. The first kappa shape index (κ1) is 13.7. The predicted octanol–water partition coefficient (Wildman–Crippen LogP) is 3.50. The van der Waals surface area contributed by atoms with E-state index in [1.165, 1.54) is 6.07 Å². The molecule has 0 aliphatic heterocycles. The summed E-state index contributed by atoms with van der Waals surface area (Å²) < 4.78 is 13.4. The molecular formula is C13H12FNSr+2. The Morgan fingerprint density at radius 1 is 1.00 bits per heavy atom. The third-order valence-electron chi connectivity index (χ3n) is 2.17. The molecule has 2 rings (SSSR count). The Labute approximate surface area is 132 Å². The molecule has 3 heteroatoms. The van der Waals surface area contributed by atoms with Crippen molar-refractivity contribution >= 4 is 56.9 Å². The van der Waals surface area contributed by atoms with E-state index in [9.17, 15) is 4.39 Å². The van der Waals surface area contributed by atoms with E-state index in [1.54, 1.807) is 12.1 Å². The summed E-state index contributed by atoms with van der Waals surface area (Å²) in [6, 6.07) is 14.6. The van der Waals surface area contributed by atoms with Crippen molar-refractivity contribution in [1.29, 1.82) is 0 Å². The minimum Gasteiger partial charge on any atom is -0.353 e. The van der Waals surface area contributed by atoms with Crippen LogP contribution in [0.1, 0.15) is 5.56 Å². The van der Waals surface area contributed by atoms with Crippen molar-refractivity contribution in [3.63, 3.8) is 0 Å². The maximum absolute atomic E-state index is 13.4. The van der Waals surface area contributed by atoms with Crippen LogP contribution in [0, 0.1) is 12.7 Å². The molecule has 1 nitrogen and oxygen atoms in total. The van der Waals surface area contributed by atoms with Crippen molar-refractivity contribution in [2.24, 2.45) is 0 Å².